The number of methoxy groups -OCH3 is 1. The summed E-state index contributed by atoms with van der Waals surface area (Å²) in [5, 5.41) is 0.298. The average molecular weight is 875 g/mol. The molecule has 0 radical (unpaired) electrons. The molecule has 1 N–H and O–H groups in total. The normalized spacial score (nSPS) is 39.1. The van der Waals surface area contributed by atoms with Crippen molar-refractivity contribution in [2.24, 2.45) is 23.7 Å². The minimum absolute atomic E-state index is 0.0584. The highest BCUT2D eigenvalue weighted by atomic mass is 35.5. The van der Waals surface area contributed by atoms with Crippen molar-refractivity contribution in [1.29, 1.82) is 0 Å². The number of phosphoric ester groups is 1. The Hall–Kier alpha value is -2.43. The number of hydrogen-bond donors (Lipinski definition) is 1. The molecule has 328 valence electrons. The van der Waals surface area contributed by atoms with Crippen molar-refractivity contribution >= 4 is 31.3 Å². The molecule has 14 nitrogen and oxygen atoms in total. The van der Waals surface area contributed by atoms with Crippen LogP contribution in [0.2, 0.25) is 5.02 Å². The van der Waals surface area contributed by atoms with Crippen LogP contribution in [0, 0.1) is 23.7 Å². The van der Waals surface area contributed by atoms with Crippen LogP contribution in [-0.2, 0) is 64.5 Å². The molecule has 2 aromatic carbocycles. The van der Waals surface area contributed by atoms with Crippen molar-refractivity contribution in [3.05, 3.63) is 64.2 Å². The molecular weight excluding hydrogens is 819 g/mol. The highest BCUT2D eigenvalue weighted by molar-refractivity contribution is 7.47. The molecule has 60 heavy (non-hydrogen) atoms. The quantitative estimate of drug-likeness (QED) is 0.117. The van der Waals surface area contributed by atoms with Crippen molar-refractivity contribution in [3.63, 3.8) is 0 Å². The van der Waals surface area contributed by atoms with Gasteiger partial charge in [0.05, 0.1) is 11.1 Å². The van der Waals surface area contributed by atoms with Crippen LogP contribution in [0.5, 0.6) is 11.5 Å². The molecule has 8 fully saturated rings. The lowest BCUT2D eigenvalue weighted by molar-refractivity contribution is -0.645. The molecule has 2 unspecified atom stereocenters. The third-order valence-electron chi connectivity index (χ3n) is 13.3. The fourth-order valence-corrected chi connectivity index (χ4v) is 12.7. The maximum atomic E-state index is 13.7. The molecule has 0 aromatic heterocycles. The number of ketones is 1. The molecule has 5 saturated carbocycles. The van der Waals surface area contributed by atoms with Gasteiger partial charge in [0.25, 0.3) is 5.79 Å². The summed E-state index contributed by atoms with van der Waals surface area (Å²) in [6.07, 6.45) is 3.83. The van der Waals surface area contributed by atoms with Crippen LogP contribution >= 0.6 is 19.4 Å². The van der Waals surface area contributed by atoms with Crippen LogP contribution in [0.4, 0.5) is 0 Å². The molecule has 3 saturated heterocycles. The summed E-state index contributed by atoms with van der Waals surface area (Å²) in [5.74, 6) is -1.03. The Bertz CT molecular complexity index is 1990. The van der Waals surface area contributed by atoms with E-state index < -0.39 is 67.4 Å². The molecule has 1 spiro atoms. The molecule has 4 bridgehead atoms. The summed E-state index contributed by atoms with van der Waals surface area (Å²) < 4.78 is 69.3. The van der Waals surface area contributed by atoms with Crippen molar-refractivity contribution < 1.29 is 66.2 Å². The van der Waals surface area contributed by atoms with Crippen LogP contribution in [0.1, 0.15) is 97.3 Å². The molecule has 10 rings (SSSR count). The van der Waals surface area contributed by atoms with Gasteiger partial charge in [-0.1, -0.05) is 35.9 Å². The lowest BCUT2D eigenvalue weighted by atomic mass is 9.47. The smallest absolute Gasteiger partial charge is 0.487 e. The zero-order chi connectivity index (χ0) is 42.6. The summed E-state index contributed by atoms with van der Waals surface area (Å²) in [6.45, 7) is 12.4. The second-order valence-electron chi connectivity index (χ2n) is 18.7. The highest BCUT2D eigenvalue weighted by Gasteiger charge is 2.77. The highest BCUT2D eigenvalue weighted by Crippen LogP contribution is 2.70. The number of phosphoric acid groups is 1. The Kier molecular flexibility index (Phi) is 11.0. The molecule has 3 heterocycles. The van der Waals surface area contributed by atoms with Gasteiger partial charge >= 0.3 is 7.82 Å². The largest absolute Gasteiger partial charge is 0.527 e. The number of carbonyl (C=O) groups is 1. The molecule has 8 atom stereocenters. The zero-order valence-electron chi connectivity index (χ0n) is 35.3. The maximum Gasteiger partial charge on any atom is 0.527 e. The first-order chi connectivity index (χ1) is 28.3. The van der Waals surface area contributed by atoms with Gasteiger partial charge in [0.1, 0.15) is 54.7 Å². The van der Waals surface area contributed by atoms with E-state index in [1.165, 1.54) is 19.4 Å². The topological polar surface area (TPSA) is 156 Å². The minimum atomic E-state index is -4.79. The lowest BCUT2D eigenvalue weighted by Gasteiger charge is -2.68. The van der Waals surface area contributed by atoms with Crippen molar-refractivity contribution in [2.45, 2.75) is 153 Å². The average Bonchev–Trinajstić information content (AvgIpc) is 3.66. The Morgan fingerprint density at radius 2 is 1.43 bits per heavy atom. The lowest BCUT2D eigenvalue weighted by Crippen LogP contribution is -2.76. The molecule has 2 aromatic rings. The van der Waals surface area contributed by atoms with E-state index in [4.69, 9.17) is 63.6 Å². The monoisotopic (exact) mass is 874 g/mol. The van der Waals surface area contributed by atoms with E-state index in [1.807, 2.05) is 26.0 Å². The molecule has 16 heteroatoms. The maximum absolute atomic E-state index is 13.7. The minimum Gasteiger partial charge on any atom is -0.487 e. The van der Waals surface area contributed by atoms with Crippen molar-refractivity contribution in [3.8, 4) is 11.5 Å². The van der Waals surface area contributed by atoms with Crippen LogP contribution in [0.15, 0.2) is 42.5 Å². The van der Waals surface area contributed by atoms with Crippen LogP contribution in [0.25, 0.3) is 6.08 Å². The van der Waals surface area contributed by atoms with Gasteiger partial charge < -0.3 is 37.7 Å². The van der Waals surface area contributed by atoms with E-state index in [1.54, 1.807) is 65.1 Å². The van der Waals surface area contributed by atoms with Gasteiger partial charge in [-0.2, -0.15) is 4.89 Å². The standard InChI is InChI=1S/C44H56ClO14P/c1-23(2)51-35-36-38(54-41(4,5)52-36)40(39-37(35)53-42(6,7)55-39)57-60(47,48)56-31-14-10-25(11-15-31)22-50-34-28(12-9-24(3)46)13-16-32(33(34)45)44(49-8)43(58-59-44)29-18-26-17-27(20-29)21-30(43)19-26/h9-16,23,26-27,29-30,35-40H,17-22H2,1-8H3,(H,47,48)/b12-9+/t26?,27?,29?,30?,35-,36-,37+,38-,39-,40-,43?,44?/m1/s1. The van der Waals surface area contributed by atoms with Gasteiger partial charge in [-0.3, -0.25) is 14.2 Å². The number of benzene rings is 2. The third kappa shape index (κ3) is 7.40. The number of hydrogen-bond acceptors (Lipinski definition) is 13. The van der Waals surface area contributed by atoms with Gasteiger partial charge in [-0.05, 0) is 134 Å². The van der Waals surface area contributed by atoms with E-state index in [-0.39, 0.29) is 36.1 Å². The summed E-state index contributed by atoms with van der Waals surface area (Å²) in [6, 6.07) is 10.2. The Morgan fingerprint density at radius 1 is 0.867 bits per heavy atom. The molecule has 3 aliphatic heterocycles. The van der Waals surface area contributed by atoms with E-state index in [0.29, 0.717) is 39.3 Å². The SMILES string of the molecule is COC1(c2ccc(/C=C/C(C)=O)c(OCc3ccc(OP(=O)(O)O[C@@H]4[C@@H]5OC(C)(C)O[C@@H]5[C@@H](OC(C)C)[C@@H]5OC(C)(C)O[C@H]54)cc3)c2Cl)OOC12C1CC3CC(C1)CC2C3. The van der Waals surface area contributed by atoms with E-state index in [9.17, 15) is 14.3 Å². The zero-order valence-corrected chi connectivity index (χ0v) is 36.9. The summed E-state index contributed by atoms with van der Waals surface area (Å²) >= 11 is 7.28. The number of rotatable bonds is 13. The van der Waals surface area contributed by atoms with Crippen LogP contribution < -0.4 is 9.26 Å². The van der Waals surface area contributed by atoms with E-state index >= 15 is 0 Å². The van der Waals surface area contributed by atoms with Gasteiger partial charge in [-0.25, -0.2) is 9.45 Å². The first kappa shape index (κ1) is 42.9. The fourth-order valence-electron chi connectivity index (χ4n) is 11.4. The third-order valence-corrected chi connectivity index (χ3v) is 14.6. The molecular formula is C44H56ClO14P. The van der Waals surface area contributed by atoms with E-state index in [0.717, 1.165) is 25.7 Å². The number of allylic oxidation sites excluding steroid dienone is 1. The second-order valence-corrected chi connectivity index (χ2v) is 20.4. The van der Waals surface area contributed by atoms with Crippen molar-refractivity contribution in [2.75, 3.05) is 7.11 Å². The fraction of sp³-hybridized carbons (Fsp3) is 0.659. The van der Waals surface area contributed by atoms with Gasteiger partial charge in [0.15, 0.2) is 23.0 Å². The van der Waals surface area contributed by atoms with Crippen LogP contribution in [0.3, 0.4) is 0 Å². The number of carbonyl (C=O) groups excluding carboxylic acids is 1. The number of ether oxygens (including phenoxy) is 7. The van der Waals surface area contributed by atoms with Crippen molar-refractivity contribution in [1.82, 2.24) is 0 Å². The molecule has 5 aliphatic carbocycles. The predicted octanol–water partition coefficient (Wildman–Crippen LogP) is 8.19. The second kappa shape index (κ2) is 15.4. The molecule has 0 amide bonds. The predicted molar refractivity (Wildman–Crippen MR) is 216 cm³/mol. The first-order valence-electron chi connectivity index (χ1n) is 21.1. The van der Waals surface area contributed by atoms with Gasteiger partial charge in [-0.15, -0.1) is 0 Å². The Morgan fingerprint density at radius 3 is 1.93 bits per heavy atom. The summed E-state index contributed by atoms with van der Waals surface area (Å²) in [4.78, 5) is 35.4. The Labute approximate surface area is 355 Å². The van der Waals surface area contributed by atoms with Gasteiger partial charge in [0, 0.05) is 18.2 Å². The van der Waals surface area contributed by atoms with Gasteiger partial charge in [0.2, 0.25) is 0 Å². The Balaban J connectivity index is 0.926. The first-order valence-corrected chi connectivity index (χ1v) is 22.9. The van der Waals surface area contributed by atoms with E-state index in [2.05, 4.69) is 0 Å². The summed E-state index contributed by atoms with van der Waals surface area (Å²) in [5.41, 5.74) is 1.25. The number of halogens is 1. The number of fused-ring (bicyclic) bond motifs is 2. The summed E-state index contributed by atoms with van der Waals surface area (Å²) in [7, 11) is -3.16. The van der Waals surface area contributed by atoms with Crippen LogP contribution in [-0.4, -0.2) is 77.7 Å². The molecule has 8 aliphatic rings.